The molecule has 0 aromatic heterocycles. The Morgan fingerprint density at radius 2 is 1.94 bits per heavy atom. The van der Waals surface area contributed by atoms with Crippen molar-refractivity contribution in [3.63, 3.8) is 0 Å². The molecule has 0 heterocycles. The highest BCUT2D eigenvalue weighted by molar-refractivity contribution is 8.14. The molecule has 0 aliphatic carbocycles. The smallest absolute Gasteiger partial charge is 0.306 e. The van der Waals surface area contributed by atoms with Crippen LogP contribution < -0.4 is 0 Å². The normalized spacial score (nSPS) is 10.1. The molecular weight excluding hydrogens is 248 g/mol. The highest BCUT2D eigenvalue weighted by Crippen LogP contribution is 2.13. The molecule has 0 amide bonds. The molecule has 0 radical (unpaired) electrons. The molecule has 0 aliphatic heterocycles. The first kappa shape index (κ1) is 14.8. The standard InChI is InChI=1S/C14H18O3S/c1-2-3-10-17-13(15)9-11-18-14(16)12-7-5-4-6-8-12/h4-8H,2-3,9-11H2,1H3. The molecule has 3 nitrogen and oxygen atoms in total. The first-order valence-electron chi connectivity index (χ1n) is 6.12. The van der Waals surface area contributed by atoms with E-state index in [4.69, 9.17) is 4.74 Å². The zero-order chi connectivity index (χ0) is 13.2. The maximum atomic E-state index is 11.7. The van der Waals surface area contributed by atoms with Crippen LogP contribution >= 0.6 is 11.8 Å². The number of hydrogen-bond acceptors (Lipinski definition) is 4. The van der Waals surface area contributed by atoms with Gasteiger partial charge in [0.1, 0.15) is 0 Å². The van der Waals surface area contributed by atoms with Crippen molar-refractivity contribution in [2.75, 3.05) is 12.4 Å². The summed E-state index contributed by atoms with van der Waals surface area (Å²) >= 11 is 1.16. The first-order valence-corrected chi connectivity index (χ1v) is 7.10. The molecule has 1 rings (SSSR count). The Bertz CT molecular complexity index is 376. The third kappa shape index (κ3) is 5.87. The molecule has 0 spiro atoms. The molecule has 0 atom stereocenters. The summed E-state index contributed by atoms with van der Waals surface area (Å²) in [6, 6.07) is 9.07. The Hall–Kier alpha value is -1.29. The number of ether oxygens (including phenoxy) is 1. The van der Waals surface area contributed by atoms with E-state index >= 15 is 0 Å². The SMILES string of the molecule is CCCCOC(=O)CCSC(=O)c1ccccc1. The number of esters is 1. The van der Waals surface area contributed by atoms with Crippen molar-refractivity contribution in [2.24, 2.45) is 0 Å². The van der Waals surface area contributed by atoms with Gasteiger partial charge in [0, 0.05) is 11.3 Å². The number of carbonyl (C=O) groups excluding carboxylic acids is 2. The maximum absolute atomic E-state index is 11.7. The average molecular weight is 266 g/mol. The molecule has 0 N–H and O–H groups in total. The third-order valence-electron chi connectivity index (χ3n) is 2.31. The summed E-state index contributed by atoms with van der Waals surface area (Å²) in [5.41, 5.74) is 0.668. The molecule has 0 unspecified atom stereocenters. The number of unbranched alkanes of at least 4 members (excludes halogenated alkanes) is 1. The van der Waals surface area contributed by atoms with Crippen molar-refractivity contribution in [3.8, 4) is 0 Å². The van der Waals surface area contributed by atoms with Gasteiger partial charge in [-0.2, -0.15) is 0 Å². The topological polar surface area (TPSA) is 43.4 Å². The van der Waals surface area contributed by atoms with Crippen molar-refractivity contribution in [1.82, 2.24) is 0 Å². The van der Waals surface area contributed by atoms with Gasteiger partial charge in [0.25, 0.3) is 0 Å². The summed E-state index contributed by atoms with van der Waals surface area (Å²) in [7, 11) is 0. The maximum Gasteiger partial charge on any atom is 0.306 e. The van der Waals surface area contributed by atoms with Crippen molar-refractivity contribution in [3.05, 3.63) is 35.9 Å². The van der Waals surface area contributed by atoms with E-state index in [1.165, 1.54) is 0 Å². The van der Waals surface area contributed by atoms with E-state index in [2.05, 4.69) is 0 Å². The van der Waals surface area contributed by atoms with E-state index < -0.39 is 0 Å². The van der Waals surface area contributed by atoms with Crippen LogP contribution in [0.4, 0.5) is 0 Å². The highest BCUT2D eigenvalue weighted by atomic mass is 32.2. The van der Waals surface area contributed by atoms with Crippen LogP contribution in [0.5, 0.6) is 0 Å². The molecule has 18 heavy (non-hydrogen) atoms. The number of benzene rings is 1. The van der Waals surface area contributed by atoms with Crippen LogP contribution in [0.1, 0.15) is 36.5 Å². The number of rotatable bonds is 7. The van der Waals surface area contributed by atoms with Crippen molar-refractivity contribution in [2.45, 2.75) is 26.2 Å². The van der Waals surface area contributed by atoms with E-state index in [9.17, 15) is 9.59 Å². The van der Waals surface area contributed by atoms with Crippen LogP contribution in [0.25, 0.3) is 0 Å². The fraction of sp³-hybridized carbons (Fsp3) is 0.429. The van der Waals surface area contributed by atoms with Gasteiger partial charge in [0.15, 0.2) is 0 Å². The minimum atomic E-state index is -0.225. The van der Waals surface area contributed by atoms with Crippen molar-refractivity contribution in [1.29, 1.82) is 0 Å². The fourth-order valence-corrected chi connectivity index (χ4v) is 2.04. The average Bonchev–Trinajstić information content (AvgIpc) is 2.40. The Labute approximate surface area is 112 Å². The van der Waals surface area contributed by atoms with Crippen LogP contribution in [0.2, 0.25) is 0 Å². The number of hydrogen-bond donors (Lipinski definition) is 0. The predicted molar refractivity (Wildman–Crippen MR) is 73.7 cm³/mol. The largest absolute Gasteiger partial charge is 0.466 e. The molecule has 1 aromatic carbocycles. The second-order valence-electron chi connectivity index (χ2n) is 3.83. The lowest BCUT2D eigenvalue weighted by molar-refractivity contribution is -0.143. The Balaban J connectivity index is 2.18. The summed E-state index contributed by atoms with van der Waals surface area (Å²) in [6.45, 7) is 2.52. The highest BCUT2D eigenvalue weighted by Gasteiger charge is 2.08. The van der Waals surface area contributed by atoms with Crippen LogP contribution in [0, 0.1) is 0 Å². The minimum Gasteiger partial charge on any atom is -0.466 e. The van der Waals surface area contributed by atoms with Gasteiger partial charge in [-0.3, -0.25) is 9.59 Å². The Kier molecular flexibility index (Phi) is 7.18. The zero-order valence-electron chi connectivity index (χ0n) is 10.6. The van der Waals surface area contributed by atoms with Gasteiger partial charge in [-0.1, -0.05) is 55.4 Å². The van der Waals surface area contributed by atoms with Gasteiger partial charge in [-0.05, 0) is 6.42 Å². The molecule has 0 saturated carbocycles. The second-order valence-corrected chi connectivity index (χ2v) is 4.89. The lowest BCUT2D eigenvalue weighted by Gasteiger charge is -2.03. The van der Waals surface area contributed by atoms with Crippen LogP contribution in [-0.4, -0.2) is 23.4 Å². The molecule has 0 bridgehead atoms. The van der Waals surface area contributed by atoms with E-state index in [-0.39, 0.29) is 17.5 Å². The fourth-order valence-electron chi connectivity index (χ4n) is 1.29. The van der Waals surface area contributed by atoms with E-state index in [0.717, 1.165) is 24.6 Å². The summed E-state index contributed by atoms with van der Waals surface area (Å²) in [4.78, 5) is 23.0. The van der Waals surface area contributed by atoms with Gasteiger partial charge in [-0.25, -0.2) is 0 Å². The first-order chi connectivity index (χ1) is 8.74. The molecule has 0 fully saturated rings. The van der Waals surface area contributed by atoms with Crippen molar-refractivity contribution < 1.29 is 14.3 Å². The Morgan fingerprint density at radius 3 is 2.61 bits per heavy atom. The molecule has 1 aromatic rings. The quantitative estimate of drug-likeness (QED) is 0.561. The second kappa shape index (κ2) is 8.75. The summed E-state index contributed by atoms with van der Waals surface area (Å²) < 4.78 is 5.01. The summed E-state index contributed by atoms with van der Waals surface area (Å²) in [5, 5.41) is -0.00282. The number of carbonyl (C=O) groups is 2. The Morgan fingerprint density at radius 1 is 1.22 bits per heavy atom. The van der Waals surface area contributed by atoms with Gasteiger partial charge in [0.05, 0.1) is 13.0 Å². The minimum absolute atomic E-state index is 0.00282. The molecule has 98 valence electrons. The number of thioether (sulfide) groups is 1. The van der Waals surface area contributed by atoms with E-state index in [1.54, 1.807) is 12.1 Å². The van der Waals surface area contributed by atoms with Gasteiger partial charge in [0.2, 0.25) is 5.12 Å². The van der Waals surface area contributed by atoms with Gasteiger partial charge in [-0.15, -0.1) is 0 Å². The van der Waals surface area contributed by atoms with Crippen molar-refractivity contribution >= 4 is 22.8 Å². The van der Waals surface area contributed by atoms with E-state index in [0.29, 0.717) is 17.9 Å². The molecule has 0 saturated heterocycles. The van der Waals surface area contributed by atoms with Crippen LogP contribution in [0.15, 0.2) is 30.3 Å². The van der Waals surface area contributed by atoms with Crippen LogP contribution in [0.3, 0.4) is 0 Å². The molecule has 0 aliphatic rings. The van der Waals surface area contributed by atoms with Gasteiger partial charge < -0.3 is 4.74 Å². The lowest BCUT2D eigenvalue weighted by Crippen LogP contribution is -2.07. The predicted octanol–water partition coefficient (Wildman–Crippen LogP) is 3.29. The molecular formula is C14H18O3S. The van der Waals surface area contributed by atoms with Crippen LogP contribution in [-0.2, 0) is 9.53 Å². The monoisotopic (exact) mass is 266 g/mol. The lowest BCUT2D eigenvalue weighted by atomic mass is 10.2. The molecule has 4 heteroatoms. The van der Waals surface area contributed by atoms with Gasteiger partial charge >= 0.3 is 5.97 Å². The summed E-state index contributed by atoms with van der Waals surface area (Å²) in [6.07, 6.45) is 2.18. The third-order valence-corrected chi connectivity index (χ3v) is 3.22. The van der Waals surface area contributed by atoms with E-state index in [1.807, 2.05) is 25.1 Å². The summed E-state index contributed by atoms with van der Waals surface area (Å²) in [5.74, 6) is 0.246. The zero-order valence-corrected chi connectivity index (χ0v) is 11.4.